The number of carbonyl (C=O) groups excluding carboxylic acids is 2. The molecule has 8 nitrogen and oxygen atoms in total. The van der Waals surface area contributed by atoms with E-state index in [2.05, 4.69) is 15.5 Å². The fourth-order valence-corrected chi connectivity index (χ4v) is 2.03. The molecule has 0 saturated carbocycles. The second-order valence-electron chi connectivity index (χ2n) is 4.87. The quantitative estimate of drug-likeness (QED) is 0.649. The van der Waals surface area contributed by atoms with E-state index < -0.39 is 29.6 Å². The Morgan fingerprint density at radius 3 is 2.54 bits per heavy atom. The van der Waals surface area contributed by atoms with Crippen LogP contribution in [0.4, 0.5) is 0 Å². The zero-order chi connectivity index (χ0) is 17.5. The maximum atomic E-state index is 12.2. The molecule has 24 heavy (non-hydrogen) atoms. The second kappa shape index (κ2) is 8.02. The van der Waals surface area contributed by atoms with Crippen molar-refractivity contribution < 1.29 is 19.4 Å². The van der Waals surface area contributed by atoms with E-state index in [0.29, 0.717) is 5.56 Å². The molecule has 2 atom stereocenters. The zero-order valence-electron chi connectivity index (χ0n) is 12.9. The Kier molecular flexibility index (Phi) is 5.80. The van der Waals surface area contributed by atoms with E-state index in [1.165, 1.54) is 6.07 Å². The Bertz CT molecular complexity index is 739. The van der Waals surface area contributed by atoms with Gasteiger partial charge in [0.1, 0.15) is 11.8 Å². The second-order valence-corrected chi connectivity index (χ2v) is 4.87. The molecule has 126 valence electrons. The summed E-state index contributed by atoms with van der Waals surface area (Å²) in [5.74, 6) is -1.49. The van der Waals surface area contributed by atoms with E-state index >= 15 is 0 Å². The summed E-state index contributed by atoms with van der Waals surface area (Å²) in [7, 11) is 0. The minimum absolute atomic E-state index is 0.0934. The van der Waals surface area contributed by atoms with Crippen molar-refractivity contribution in [2.75, 3.05) is 6.61 Å². The lowest BCUT2D eigenvalue weighted by Gasteiger charge is -2.22. The summed E-state index contributed by atoms with van der Waals surface area (Å²) in [6, 6.07) is 9.45. The molecule has 2 rings (SSSR count). The molecule has 0 bridgehead atoms. The fourth-order valence-electron chi connectivity index (χ4n) is 2.03. The van der Waals surface area contributed by atoms with Crippen LogP contribution in [0.2, 0.25) is 0 Å². The van der Waals surface area contributed by atoms with Gasteiger partial charge in [-0.25, -0.2) is 9.89 Å². The maximum Gasteiger partial charge on any atom is 0.331 e. The van der Waals surface area contributed by atoms with E-state index in [0.717, 1.165) is 6.07 Å². The summed E-state index contributed by atoms with van der Waals surface area (Å²) in [4.78, 5) is 35.3. The van der Waals surface area contributed by atoms with Gasteiger partial charge in [0.2, 0.25) is 0 Å². The average molecular weight is 331 g/mol. The zero-order valence-corrected chi connectivity index (χ0v) is 12.9. The number of hydrogen-bond donors (Lipinski definition) is 3. The van der Waals surface area contributed by atoms with E-state index in [1.807, 2.05) is 0 Å². The third kappa shape index (κ3) is 4.26. The highest BCUT2D eigenvalue weighted by atomic mass is 16.5. The number of nitrogens with one attached hydrogen (secondary N) is 2. The first kappa shape index (κ1) is 17.4. The first-order valence-corrected chi connectivity index (χ1v) is 7.29. The lowest BCUT2D eigenvalue weighted by Crippen LogP contribution is -2.46. The molecule has 8 heteroatoms. The number of hydrogen-bond acceptors (Lipinski definition) is 6. The average Bonchev–Trinajstić information content (AvgIpc) is 2.60. The number of benzene rings is 1. The molecular weight excluding hydrogens is 314 g/mol. The smallest absolute Gasteiger partial charge is 0.331 e. The highest BCUT2D eigenvalue weighted by Crippen LogP contribution is 2.18. The lowest BCUT2D eigenvalue weighted by atomic mass is 10.0. The molecular formula is C16H17N3O5. The number of aliphatic hydroxyl groups excluding tert-OH is 1. The van der Waals surface area contributed by atoms with Crippen molar-refractivity contribution >= 4 is 11.9 Å². The van der Waals surface area contributed by atoms with Crippen LogP contribution in [0.5, 0.6) is 0 Å². The Morgan fingerprint density at radius 2 is 1.96 bits per heavy atom. The number of ether oxygens (including phenoxy) is 1. The number of amides is 1. The number of aromatic nitrogens is 2. The van der Waals surface area contributed by atoms with Gasteiger partial charge in [0.25, 0.3) is 11.5 Å². The summed E-state index contributed by atoms with van der Waals surface area (Å²) in [5.41, 5.74) is -0.104. The lowest BCUT2D eigenvalue weighted by molar-refractivity contribution is -0.148. The largest absolute Gasteiger partial charge is 0.464 e. The van der Waals surface area contributed by atoms with Gasteiger partial charge in [-0.15, -0.1) is 0 Å². The number of aliphatic hydroxyl groups is 1. The molecule has 0 radical (unpaired) electrons. The van der Waals surface area contributed by atoms with E-state index in [4.69, 9.17) is 4.74 Å². The third-order valence-corrected chi connectivity index (χ3v) is 3.20. The topological polar surface area (TPSA) is 121 Å². The SMILES string of the molecule is CCOC(=O)C(NC(=O)c1ccc(=O)[nH]n1)C(O)c1ccccc1. The Balaban J connectivity index is 2.22. The van der Waals surface area contributed by atoms with Crippen molar-refractivity contribution in [1.82, 2.24) is 15.5 Å². The monoisotopic (exact) mass is 331 g/mol. The molecule has 1 amide bonds. The standard InChI is InChI=1S/C16H17N3O5/c1-2-24-16(23)13(14(21)10-6-4-3-5-7-10)17-15(22)11-8-9-12(20)19-18-11/h3-9,13-14,21H,2H2,1H3,(H,17,22)(H,19,20). The van der Waals surface area contributed by atoms with Crippen molar-refractivity contribution in [2.24, 2.45) is 0 Å². The van der Waals surface area contributed by atoms with Crippen molar-refractivity contribution in [3.8, 4) is 0 Å². The molecule has 0 saturated heterocycles. The number of H-pyrrole nitrogens is 1. The molecule has 1 aromatic carbocycles. The summed E-state index contributed by atoms with van der Waals surface area (Å²) in [5, 5.41) is 18.5. The first-order valence-electron chi connectivity index (χ1n) is 7.29. The molecule has 3 N–H and O–H groups in total. The summed E-state index contributed by atoms with van der Waals surface area (Å²) < 4.78 is 4.91. The summed E-state index contributed by atoms with van der Waals surface area (Å²) in [6.45, 7) is 1.72. The first-order chi connectivity index (χ1) is 11.5. The molecule has 1 heterocycles. The minimum Gasteiger partial charge on any atom is -0.464 e. The third-order valence-electron chi connectivity index (χ3n) is 3.20. The van der Waals surface area contributed by atoms with Gasteiger partial charge in [-0.1, -0.05) is 30.3 Å². The van der Waals surface area contributed by atoms with Crippen LogP contribution in [0, 0.1) is 0 Å². The molecule has 0 spiro atoms. The van der Waals surface area contributed by atoms with Crippen LogP contribution in [0.1, 0.15) is 29.1 Å². The number of esters is 1. The normalized spacial score (nSPS) is 12.9. The predicted molar refractivity (Wildman–Crippen MR) is 84.1 cm³/mol. The Labute approximate surface area is 137 Å². The van der Waals surface area contributed by atoms with Crippen molar-refractivity contribution in [2.45, 2.75) is 19.1 Å². The molecule has 2 unspecified atom stereocenters. The van der Waals surface area contributed by atoms with Crippen LogP contribution >= 0.6 is 0 Å². The van der Waals surface area contributed by atoms with E-state index in [9.17, 15) is 19.5 Å². The van der Waals surface area contributed by atoms with Crippen LogP contribution in [0.3, 0.4) is 0 Å². The van der Waals surface area contributed by atoms with Gasteiger partial charge >= 0.3 is 5.97 Å². The Hall–Kier alpha value is -3.00. The summed E-state index contributed by atoms with van der Waals surface area (Å²) in [6.07, 6.45) is -1.29. The van der Waals surface area contributed by atoms with Crippen molar-refractivity contribution in [3.63, 3.8) is 0 Å². The number of aromatic amines is 1. The molecule has 1 aromatic heterocycles. The Morgan fingerprint density at radius 1 is 1.25 bits per heavy atom. The molecule has 0 aliphatic heterocycles. The number of nitrogens with zero attached hydrogens (tertiary/aromatic N) is 1. The van der Waals surface area contributed by atoms with Crippen molar-refractivity contribution in [3.05, 3.63) is 64.1 Å². The molecule has 0 fully saturated rings. The number of carbonyl (C=O) groups is 2. The molecule has 0 aliphatic rings. The van der Waals surface area contributed by atoms with Gasteiger partial charge in [0.15, 0.2) is 6.04 Å². The van der Waals surface area contributed by atoms with Crippen LogP contribution < -0.4 is 10.9 Å². The van der Waals surface area contributed by atoms with Crippen LogP contribution in [0.25, 0.3) is 0 Å². The van der Waals surface area contributed by atoms with Gasteiger partial charge in [0.05, 0.1) is 6.61 Å². The molecule has 2 aromatic rings. The maximum absolute atomic E-state index is 12.2. The van der Waals surface area contributed by atoms with Crippen LogP contribution in [0.15, 0.2) is 47.3 Å². The van der Waals surface area contributed by atoms with Gasteiger partial charge in [-0.3, -0.25) is 9.59 Å². The molecule has 0 aliphatic carbocycles. The summed E-state index contributed by atoms with van der Waals surface area (Å²) >= 11 is 0. The van der Waals surface area contributed by atoms with E-state index in [-0.39, 0.29) is 12.3 Å². The van der Waals surface area contributed by atoms with Crippen LogP contribution in [-0.2, 0) is 9.53 Å². The van der Waals surface area contributed by atoms with Gasteiger partial charge in [-0.05, 0) is 18.6 Å². The number of rotatable bonds is 6. The predicted octanol–water partition coefficient (Wildman–Crippen LogP) is 0.165. The fraction of sp³-hybridized carbons (Fsp3) is 0.250. The van der Waals surface area contributed by atoms with Crippen molar-refractivity contribution in [1.29, 1.82) is 0 Å². The highest BCUT2D eigenvalue weighted by Gasteiger charge is 2.31. The van der Waals surface area contributed by atoms with Gasteiger partial charge < -0.3 is 15.2 Å². The minimum atomic E-state index is -1.31. The highest BCUT2D eigenvalue weighted by molar-refractivity contribution is 5.95. The van der Waals surface area contributed by atoms with Crippen LogP contribution in [-0.4, -0.2) is 39.8 Å². The van der Waals surface area contributed by atoms with Gasteiger partial charge in [0, 0.05) is 6.07 Å². The van der Waals surface area contributed by atoms with Gasteiger partial charge in [-0.2, -0.15) is 5.10 Å². The van der Waals surface area contributed by atoms with E-state index in [1.54, 1.807) is 37.3 Å².